The second-order valence-corrected chi connectivity index (χ2v) is 12.4. The van der Waals surface area contributed by atoms with Crippen LogP contribution < -0.4 is 16.1 Å². The zero-order valence-corrected chi connectivity index (χ0v) is 22.1. The van der Waals surface area contributed by atoms with E-state index in [1.165, 1.54) is 16.5 Å². The molecule has 187 valence electrons. The van der Waals surface area contributed by atoms with Crippen LogP contribution in [0, 0.1) is 0 Å². The van der Waals surface area contributed by atoms with Crippen LogP contribution in [0.1, 0.15) is 39.0 Å². The molecule has 10 heteroatoms. The molecule has 7 nitrogen and oxygen atoms in total. The van der Waals surface area contributed by atoms with Crippen molar-refractivity contribution in [2.75, 3.05) is 12.3 Å². The topological polar surface area (TPSA) is 88.1 Å². The summed E-state index contributed by atoms with van der Waals surface area (Å²) in [5.41, 5.74) is 7.93. The van der Waals surface area contributed by atoms with Crippen LogP contribution in [0.15, 0.2) is 60.9 Å². The molecule has 0 saturated carbocycles. The SMILES string of the molecule is CC(C)(C)c1ccc([Si](OCC2CC(F)C(n3cnc4c(N)nc(Cl)nc43)O2)c2ccccc2)cc1. The second-order valence-electron chi connectivity index (χ2n) is 9.94. The highest BCUT2D eigenvalue weighted by atomic mass is 35.5. The Balaban J connectivity index is 1.34. The number of ether oxygens (including phenoxy) is 1. The Morgan fingerprint density at radius 2 is 1.81 bits per heavy atom. The molecule has 1 saturated heterocycles. The fraction of sp³-hybridized carbons (Fsp3) is 0.346. The summed E-state index contributed by atoms with van der Waals surface area (Å²) in [4.78, 5) is 12.3. The van der Waals surface area contributed by atoms with E-state index in [1.54, 1.807) is 0 Å². The van der Waals surface area contributed by atoms with Gasteiger partial charge in [-0.15, -0.1) is 0 Å². The second kappa shape index (κ2) is 9.89. The maximum atomic E-state index is 15.1. The smallest absolute Gasteiger partial charge is 0.283 e. The lowest BCUT2D eigenvalue weighted by atomic mass is 9.87. The van der Waals surface area contributed by atoms with Gasteiger partial charge in [0.25, 0.3) is 9.04 Å². The fourth-order valence-electron chi connectivity index (χ4n) is 4.37. The van der Waals surface area contributed by atoms with Crippen molar-refractivity contribution in [3.05, 3.63) is 71.8 Å². The van der Waals surface area contributed by atoms with Gasteiger partial charge in [0.15, 0.2) is 17.7 Å². The lowest BCUT2D eigenvalue weighted by Gasteiger charge is -2.22. The molecule has 0 bridgehead atoms. The van der Waals surface area contributed by atoms with E-state index in [0.29, 0.717) is 11.2 Å². The Labute approximate surface area is 216 Å². The fourth-order valence-corrected chi connectivity index (χ4v) is 6.53. The number of aromatic nitrogens is 4. The van der Waals surface area contributed by atoms with Crippen molar-refractivity contribution in [1.29, 1.82) is 0 Å². The minimum Gasteiger partial charge on any atom is -0.405 e. The van der Waals surface area contributed by atoms with Gasteiger partial charge in [0.2, 0.25) is 5.28 Å². The van der Waals surface area contributed by atoms with E-state index in [-0.39, 0.29) is 29.5 Å². The highest BCUT2D eigenvalue weighted by molar-refractivity contribution is 6.80. The van der Waals surface area contributed by atoms with Crippen molar-refractivity contribution in [2.45, 2.75) is 51.1 Å². The molecule has 3 heterocycles. The molecule has 2 aromatic heterocycles. The summed E-state index contributed by atoms with van der Waals surface area (Å²) in [7, 11) is -1.56. The summed E-state index contributed by atoms with van der Waals surface area (Å²) < 4.78 is 29.2. The molecule has 1 radical (unpaired) electrons. The van der Waals surface area contributed by atoms with Crippen LogP contribution in [0.25, 0.3) is 11.2 Å². The summed E-state index contributed by atoms with van der Waals surface area (Å²) in [5.74, 6) is 0.143. The van der Waals surface area contributed by atoms with Gasteiger partial charge in [0, 0.05) is 6.42 Å². The van der Waals surface area contributed by atoms with Gasteiger partial charge in [-0.2, -0.15) is 9.97 Å². The molecule has 1 aliphatic rings. The van der Waals surface area contributed by atoms with Crippen molar-refractivity contribution in [1.82, 2.24) is 19.5 Å². The Bertz CT molecular complexity index is 1350. The molecule has 2 aromatic carbocycles. The van der Waals surface area contributed by atoms with Crippen LogP contribution in [-0.2, 0) is 14.6 Å². The first-order valence-electron chi connectivity index (χ1n) is 11.8. The molecule has 1 aliphatic heterocycles. The minimum absolute atomic E-state index is 0.0254. The molecular formula is C26H28ClFN5O2Si. The Hall–Kier alpha value is -2.85. The monoisotopic (exact) mass is 524 g/mol. The summed E-state index contributed by atoms with van der Waals surface area (Å²) in [6, 6.07) is 18.8. The van der Waals surface area contributed by atoms with Gasteiger partial charge in [-0.3, -0.25) is 4.57 Å². The predicted octanol–water partition coefficient (Wildman–Crippen LogP) is 3.81. The maximum Gasteiger partial charge on any atom is 0.283 e. The standard InChI is InChI=1S/C26H28ClFN5O2Si/c1-26(2,3)16-9-11-19(12-10-16)36(18-7-5-4-6-8-18)34-14-17-13-20(28)24(35-17)33-15-30-21-22(29)31-25(27)32-23(21)33/h4-12,15,17,20,24H,13-14H2,1-3H3,(H2,29,31,32). The van der Waals surface area contributed by atoms with Gasteiger partial charge in [-0.1, -0.05) is 75.4 Å². The first kappa shape index (κ1) is 24.8. The molecule has 3 atom stereocenters. The summed E-state index contributed by atoms with van der Waals surface area (Å²) >= 11 is 5.97. The number of imidazole rings is 1. The number of anilines is 1. The van der Waals surface area contributed by atoms with Crippen LogP contribution in [0.2, 0.25) is 5.28 Å². The average Bonchev–Trinajstić information content (AvgIpc) is 3.42. The minimum atomic E-state index is -1.56. The molecular weight excluding hydrogens is 497 g/mol. The first-order chi connectivity index (χ1) is 17.2. The van der Waals surface area contributed by atoms with Crippen LogP contribution in [0.4, 0.5) is 10.2 Å². The van der Waals surface area contributed by atoms with Crippen LogP contribution >= 0.6 is 11.6 Å². The van der Waals surface area contributed by atoms with E-state index in [0.717, 1.165) is 10.4 Å². The van der Waals surface area contributed by atoms with E-state index >= 15 is 4.39 Å². The van der Waals surface area contributed by atoms with Gasteiger partial charge in [-0.05, 0) is 33.0 Å². The van der Waals surface area contributed by atoms with Crippen molar-refractivity contribution >= 4 is 48.0 Å². The van der Waals surface area contributed by atoms with E-state index in [2.05, 4.69) is 72.1 Å². The summed E-state index contributed by atoms with van der Waals surface area (Å²) in [6.07, 6.45) is -0.917. The van der Waals surface area contributed by atoms with E-state index in [4.69, 9.17) is 26.5 Å². The van der Waals surface area contributed by atoms with Gasteiger partial charge >= 0.3 is 0 Å². The van der Waals surface area contributed by atoms with E-state index < -0.39 is 27.5 Å². The number of nitrogen functional groups attached to an aromatic ring is 1. The van der Waals surface area contributed by atoms with Gasteiger partial charge in [-0.25, -0.2) is 9.37 Å². The highest BCUT2D eigenvalue weighted by Gasteiger charge is 2.38. The van der Waals surface area contributed by atoms with Crippen LogP contribution in [0.3, 0.4) is 0 Å². The number of hydrogen-bond acceptors (Lipinski definition) is 6. The normalized spacial score (nSPS) is 20.4. The summed E-state index contributed by atoms with van der Waals surface area (Å²) in [6.45, 7) is 6.85. The number of halogens is 2. The zero-order valence-electron chi connectivity index (χ0n) is 20.4. The van der Waals surface area contributed by atoms with Crippen LogP contribution in [-0.4, -0.2) is 47.4 Å². The average molecular weight is 525 g/mol. The Morgan fingerprint density at radius 3 is 2.50 bits per heavy atom. The molecule has 1 fully saturated rings. The molecule has 0 spiro atoms. The Kier molecular flexibility index (Phi) is 6.82. The largest absolute Gasteiger partial charge is 0.405 e. The summed E-state index contributed by atoms with van der Waals surface area (Å²) in [5, 5.41) is 2.23. The third-order valence-electron chi connectivity index (χ3n) is 6.29. The lowest BCUT2D eigenvalue weighted by molar-refractivity contribution is -0.0312. The van der Waals surface area contributed by atoms with E-state index in [9.17, 15) is 0 Å². The molecule has 0 amide bonds. The maximum absolute atomic E-state index is 15.1. The predicted molar refractivity (Wildman–Crippen MR) is 141 cm³/mol. The van der Waals surface area contributed by atoms with Crippen molar-refractivity contribution in [2.24, 2.45) is 0 Å². The third kappa shape index (κ3) is 5.01. The van der Waals surface area contributed by atoms with Crippen molar-refractivity contribution < 1.29 is 13.6 Å². The lowest BCUT2D eigenvalue weighted by Crippen LogP contribution is -2.46. The molecule has 3 unspecified atom stereocenters. The van der Waals surface area contributed by atoms with Crippen molar-refractivity contribution in [3.63, 3.8) is 0 Å². The van der Waals surface area contributed by atoms with Gasteiger partial charge in [0.05, 0.1) is 19.0 Å². The molecule has 36 heavy (non-hydrogen) atoms. The van der Waals surface area contributed by atoms with E-state index in [1.807, 2.05) is 18.2 Å². The van der Waals surface area contributed by atoms with Gasteiger partial charge in [0.1, 0.15) is 11.7 Å². The molecule has 2 N–H and O–H groups in total. The first-order valence-corrected chi connectivity index (χ1v) is 13.6. The number of rotatable bonds is 6. The molecule has 4 aromatic rings. The quantitative estimate of drug-likeness (QED) is 0.305. The number of nitrogens with two attached hydrogens (primary N) is 1. The number of fused-ring (bicyclic) bond motifs is 1. The van der Waals surface area contributed by atoms with Gasteiger partial charge < -0.3 is 14.9 Å². The molecule has 0 aliphatic carbocycles. The number of hydrogen-bond donors (Lipinski definition) is 1. The number of alkyl halides is 1. The zero-order chi connectivity index (χ0) is 25.4. The highest BCUT2D eigenvalue weighted by Crippen LogP contribution is 2.34. The molecule has 5 rings (SSSR count). The van der Waals surface area contributed by atoms with Crippen LogP contribution in [0.5, 0.6) is 0 Å². The third-order valence-corrected chi connectivity index (χ3v) is 8.63. The Morgan fingerprint density at radius 1 is 1.11 bits per heavy atom. The van der Waals surface area contributed by atoms with Crippen molar-refractivity contribution in [3.8, 4) is 0 Å². The number of benzene rings is 2. The number of nitrogens with zero attached hydrogens (tertiary/aromatic N) is 4.